The molecule has 0 aliphatic heterocycles. The van der Waals surface area contributed by atoms with E-state index in [-0.39, 0.29) is 24.5 Å². The molecule has 0 fully saturated rings. The summed E-state index contributed by atoms with van der Waals surface area (Å²) in [5.74, 6) is -0.322. The lowest BCUT2D eigenvalue weighted by molar-refractivity contribution is 0.0946. The molecule has 0 saturated heterocycles. The Labute approximate surface area is 202 Å². The number of aryl methyl sites for hydroxylation is 1. The highest BCUT2D eigenvalue weighted by Gasteiger charge is 2.22. The van der Waals surface area contributed by atoms with E-state index in [2.05, 4.69) is 10.3 Å². The van der Waals surface area contributed by atoms with Crippen molar-refractivity contribution in [3.8, 4) is 22.6 Å². The van der Waals surface area contributed by atoms with Crippen LogP contribution < -0.4 is 15.6 Å². The summed E-state index contributed by atoms with van der Waals surface area (Å²) < 4.78 is 6.63. The molecule has 2 heterocycles. The van der Waals surface area contributed by atoms with Crippen LogP contribution in [0.5, 0.6) is 11.5 Å². The molecule has 0 saturated carbocycles. The van der Waals surface area contributed by atoms with Crippen molar-refractivity contribution in [3.63, 3.8) is 0 Å². The van der Waals surface area contributed by atoms with E-state index in [0.717, 1.165) is 16.7 Å². The van der Waals surface area contributed by atoms with E-state index in [1.54, 1.807) is 43.8 Å². The molecule has 8 nitrogen and oxygen atoms in total. The fraction of sp³-hybridized carbons (Fsp3) is 0.222. The van der Waals surface area contributed by atoms with Gasteiger partial charge in [0.05, 0.1) is 12.6 Å². The van der Waals surface area contributed by atoms with Crippen molar-refractivity contribution in [2.45, 2.75) is 25.9 Å². The topological polar surface area (TPSA) is 114 Å². The average molecular weight is 474 g/mol. The van der Waals surface area contributed by atoms with Gasteiger partial charge < -0.3 is 24.8 Å². The van der Waals surface area contributed by atoms with Crippen LogP contribution in [0.15, 0.2) is 71.8 Å². The number of aromatic nitrogens is 2. The van der Waals surface area contributed by atoms with E-state index in [1.807, 2.05) is 30.3 Å². The summed E-state index contributed by atoms with van der Waals surface area (Å²) in [5.41, 5.74) is 2.10. The third kappa shape index (κ3) is 5.17. The van der Waals surface area contributed by atoms with Crippen LogP contribution in [-0.4, -0.2) is 39.4 Å². The molecular formula is C27H27N3O5. The number of aromatic hydroxyl groups is 1. The highest BCUT2D eigenvalue weighted by Crippen LogP contribution is 2.31. The second-order valence-corrected chi connectivity index (χ2v) is 8.12. The number of methoxy groups -OCH3 is 1. The van der Waals surface area contributed by atoms with Gasteiger partial charge in [0.1, 0.15) is 17.1 Å². The number of aliphatic hydroxyl groups excluding tert-OH is 1. The first-order valence-corrected chi connectivity index (χ1v) is 11.4. The molecule has 8 heteroatoms. The van der Waals surface area contributed by atoms with Gasteiger partial charge in [-0.2, -0.15) is 0 Å². The maximum absolute atomic E-state index is 13.3. The third-order valence-corrected chi connectivity index (χ3v) is 5.86. The molecule has 0 aliphatic carbocycles. The van der Waals surface area contributed by atoms with Gasteiger partial charge in [0.25, 0.3) is 11.5 Å². The number of hydrogen-bond donors (Lipinski definition) is 3. The second kappa shape index (κ2) is 10.8. The van der Waals surface area contributed by atoms with Crippen LogP contribution in [0.3, 0.4) is 0 Å². The van der Waals surface area contributed by atoms with Gasteiger partial charge in [-0.15, -0.1) is 0 Å². The Hall–Kier alpha value is -4.17. The molecule has 1 amide bonds. The smallest absolute Gasteiger partial charge is 0.267 e. The maximum atomic E-state index is 13.3. The van der Waals surface area contributed by atoms with Crippen LogP contribution in [0.4, 0.5) is 0 Å². The van der Waals surface area contributed by atoms with Gasteiger partial charge >= 0.3 is 0 Å². The van der Waals surface area contributed by atoms with Gasteiger partial charge in [-0.25, -0.2) is 0 Å². The lowest BCUT2D eigenvalue weighted by Gasteiger charge is -2.16. The Morgan fingerprint density at radius 2 is 1.89 bits per heavy atom. The van der Waals surface area contributed by atoms with Crippen molar-refractivity contribution >= 4 is 16.8 Å². The van der Waals surface area contributed by atoms with Gasteiger partial charge in [0.2, 0.25) is 0 Å². The van der Waals surface area contributed by atoms with Crippen molar-refractivity contribution in [2.75, 3.05) is 13.7 Å². The zero-order valence-corrected chi connectivity index (χ0v) is 19.4. The van der Waals surface area contributed by atoms with Crippen LogP contribution in [0.2, 0.25) is 0 Å². The number of amides is 1. The van der Waals surface area contributed by atoms with E-state index < -0.39 is 11.5 Å². The van der Waals surface area contributed by atoms with Crippen LogP contribution in [0, 0.1) is 0 Å². The van der Waals surface area contributed by atoms with Gasteiger partial charge in [-0.3, -0.25) is 14.6 Å². The first-order chi connectivity index (χ1) is 17.0. The number of pyridine rings is 2. The van der Waals surface area contributed by atoms with E-state index in [4.69, 9.17) is 4.74 Å². The molecule has 0 atom stereocenters. The molecule has 2 aromatic heterocycles. The number of hydrogen-bond acceptors (Lipinski definition) is 6. The van der Waals surface area contributed by atoms with Crippen molar-refractivity contribution in [3.05, 3.63) is 88.5 Å². The first kappa shape index (κ1) is 24.0. The normalized spacial score (nSPS) is 10.9. The Morgan fingerprint density at radius 3 is 2.57 bits per heavy atom. The fourth-order valence-electron chi connectivity index (χ4n) is 3.98. The molecule has 0 bridgehead atoms. The number of rotatable bonds is 9. The average Bonchev–Trinajstić information content (AvgIpc) is 2.90. The summed E-state index contributed by atoms with van der Waals surface area (Å²) >= 11 is 0. The highest BCUT2D eigenvalue weighted by molar-refractivity contribution is 6.03. The molecule has 3 N–H and O–H groups in total. The first-order valence-electron chi connectivity index (χ1n) is 11.4. The third-order valence-electron chi connectivity index (χ3n) is 5.86. The number of benzene rings is 2. The van der Waals surface area contributed by atoms with E-state index in [9.17, 15) is 19.8 Å². The summed E-state index contributed by atoms with van der Waals surface area (Å²) in [4.78, 5) is 30.6. The summed E-state index contributed by atoms with van der Waals surface area (Å²) in [6, 6.07) is 16.3. The quantitative estimate of drug-likeness (QED) is 0.321. The lowest BCUT2D eigenvalue weighted by atomic mass is 10.0. The standard InChI is InChI=1S/C27H27N3O5/c1-35-21-9-6-18(7-10-21)16-29-26(33)24-25(32)22-15-19(20-5-4-12-28-17-20)8-11-23(22)30(27(24)34)13-2-3-14-31/h4-12,15,17,31-32H,2-3,13-14,16H2,1H3,(H,29,33). The second-order valence-electron chi connectivity index (χ2n) is 8.12. The minimum absolute atomic E-state index is 0.00509. The van der Waals surface area contributed by atoms with Gasteiger partial charge in [-0.1, -0.05) is 24.3 Å². The van der Waals surface area contributed by atoms with E-state index >= 15 is 0 Å². The molecule has 0 aliphatic rings. The lowest BCUT2D eigenvalue weighted by Crippen LogP contribution is -2.33. The molecule has 180 valence electrons. The molecule has 4 rings (SSSR count). The highest BCUT2D eigenvalue weighted by atomic mass is 16.5. The van der Waals surface area contributed by atoms with Gasteiger partial charge in [-0.05, 0) is 54.3 Å². The zero-order valence-electron chi connectivity index (χ0n) is 19.4. The number of ether oxygens (including phenoxy) is 1. The molecule has 0 spiro atoms. The molecule has 2 aromatic carbocycles. The number of carbonyl (C=O) groups is 1. The maximum Gasteiger partial charge on any atom is 0.267 e. The predicted octanol–water partition coefficient (Wildman–Crippen LogP) is 3.48. The molecule has 4 aromatic rings. The van der Waals surface area contributed by atoms with Crippen molar-refractivity contribution < 1.29 is 19.7 Å². The largest absolute Gasteiger partial charge is 0.506 e. The summed E-state index contributed by atoms with van der Waals surface area (Å²) in [5, 5.41) is 23.4. The van der Waals surface area contributed by atoms with Crippen LogP contribution in [0.25, 0.3) is 22.0 Å². The fourth-order valence-corrected chi connectivity index (χ4v) is 3.98. The molecule has 35 heavy (non-hydrogen) atoms. The Bertz CT molecular complexity index is 1380. The number of aliphatic hydroxyl groups is 1. The van der Waals surface area contributed by atoms with Crippen molar-refractivity contribution in [2.24, 2.45) is 0 Å². The number of fused-ring (bicyclic) bond motifs is 1. The minimum Gasteiger partial charge on any atom is -0.506 e. The number of carbonyl (C=O) groups excluding carboxylic acids is 1. The minimum atomic E-state index is -0.659. The Morgan fingerprint density at radius 1 is 1.09 bits per heavy atom. The number of unbranched alkanes of at least 4 members (excludes halogenated alkanes) is 1. The summed E-state index contributed by atoms with van der Waals surface area (Å²) in [6.07, 6.45) is 4.44. The monoisotopic (exact) mass is 473 g/mol. The van der Waals surface area contributed by atoms with E-state index in [1.165, 1.54) is 4.57 Å². The van der Waals surface area contributed by atoms with Crippen molar-refractivity contribution in [1.82, 2.24) is 14.9 Å². The summed E-state index contributed by atoms with van der Waals surface area (Å²) in [6.45, 7) is 0.492. The molecular weight excluding hydrogens is 446 g/mol. The van der Waals surface area contributed by atoms with Crippen LogP contribution >= 0.6 is 0 Å². The van der Waals surface area contributed by atoms with Crippen LogP contribution in [-0.2, 0) is 13.1 Å². The van der Waals surface area contributed by atoms with Crippen LogP contribution in [0.1, 0.15) is 28.8 Å². The van der Waals surface area contributed by atoms with Crippen molar-refractivity contribution in [1.29, 1.82) is 0 Å². The molecule has 0 unspecified atom stereocenters. The number of nitrogens with zero attached hydrogens (tertiary/aromatic N) is 2. The Balaban J connectivity index is 1.75. The molecule has 0 radical (unpaired) electrons. The predicted molar refractivity (Wildman–Crippen MR) is 134 cm³/mol. The SMILES string of the molecule is COc1ccc(CNC(=O)c2c(O)c3cc(-c4cccnc4)ccc3n(CCCCO)c2=O)cc1. The summed E-state index contributed by atoms with van der Waals surface area (Å²) in [7, 11) is 1.57. The number of nitrogens with one attached hydrogen (secondary N) is 1. The Kier molecular flexibility index (Phi) is 7.42. The van der Waals surface area contributed by atoms with Gasteiger partial charge in [0, 0.05) is 43.0 Å². The van der Waals surface area contributed by atoms with Gasteiger partial charge in [0.15, 0.2) is 0 Å². The zero-order chi connectivity index (χ0) is 24.8. The van der Waals surface area contributed by atoms with E-state index in [0.29, 0.717) is 36.0 Å².